The number of carbonyl (C=O) groups is 2. The first-order valence-electron chi connectivity index (χ1n) is 21.8. The van der Waals surface area contributed by atoms with Gasteiger partial charge in [-0.25, -0.2) is 0 Å². The van der Waals surface area contributed by atoms with Gasteiger partial charge < -0.3 is 40.7 Å². The van der Waals surface area contributed by atoms with Gasteiger partial charge in [-0.1, -0.05) is 49.4 Å². The fraction of sp³-hybridized carbons (Fsp3) is 0.404. The average Bonchev–Trinajstić information content (AvgIpc) is 4.00. The van der Waals surface area contributed by atoms with Gasteiger partial charge in [0.1, 0.15) is 17.1 Å². The SMILES string of the molecule is CCOc1c(Nc2cccc(C(=O)N3CCN4CCC[C@@H]4C3)c2O)c(=O)c1=O.CC[C@H](Nc1c(Nc2cccc(C(=O)N3CCN4CCC[C@@H]4C3)c2O)c(=O)c1=O)c1ccccc1. The normalized spacial score (nSPS) is 19.2. The summed E-state index contributed by atoms with van der Waals surface area (Å²) in [5, 5.41) is 30.4. The molecule has 16 heteroatoms. The summed E-state index contributed by atoms with van der Waals surface area (Å²) in [4.78, 5) is 82.8. The molecule has 0 spiro atoms. The summed E-state index contributed by atoms with van der Waals surface area (Å²) in [5.74, 6) is -0.961. The zero-order valence-electron chi connectivity index (χ0n) is 35.5. The molecule has 16 nitrogen and oxygen atoms in total. The van der Waals surface area contributed by atoms with Crippen LogP contribution in [-0.4, -0.2) is 113 Å². The first-order chi connectivity index (χ1) is 30.5. The van der Waals surface area contributed by atoms with Crippen LogP contribution in [0.5, 0.6) is 17.2 Å². The largest absolute Gasteiger partial charge is 0.505 e. The lowest BCUT2D eigenvalue weighted by atomic mass is 10.0. The standard InChI is InChI=1S/C27H30N4O4.C20H23N3O5/c1-2-20(17-8-4-3-5-9-17)28-22-23(26(34)25(22)33)29-21-12-6-11-19(24(21)32)27(35)31-15-14-30-13-7-10-18(30)16-31;1-2-28-19-15(17(25)18(19)26)21-14-7-3-6-13(16(14)24)20(27)23-10-9-22-8-4-5-12(22)11-23/h3-6,8-9,11-12,18,20,28-29,32H,2,7,10,13-16H2,1H3;3,6-7,12,21,24H,2,4-5,8-11H2,1H3/t18-,20+;12-/m11/s1. The Morgan fingerprint density at radius 3 is 1.67 bits per heavy atom. The Hall–Kier alpha value is -6.52. The van der Waals surface area contributed by atoms with E-state index in [1.54, 1.807) is 53.1 Å². The molecule has 5 aromatic rings. The number of phenolic OH excluding ortho intramolecular Hbond substituents is 2. The summed E-state index contributed by atoms with van der Waals surface area (Å²) in [6, 6.07) is 19.9. The van der Waals surface area contributed by atoms with Crippen molar-refractivity contribution in [3.8, 4) is 17.2 Å². The summed E-state index contributed by atoms with van der Waals surface area (Å²) in [5.41, 5.74) is -0.550. The van der Waals surface area contributed by atoms with E-state index in [2.05, 4.69) is 25.8 Å². The fourth-order valence-electron chi connectivity index (χ4n) is 9.29. The van der Waals surface area contributed by atoms with E-state index in [4.69, 9.17) is 4.74 Å². The first kappa shape index (κ1) is 43.1. The van der Waals surface area contributed by atoms with Gasteiger partial charge in [-0.3, -0.25) is 38.6 Å². The minimum Gasteiger partial charge on any atom is -0.505 e. The molecule has 3 atom stereocenters. The number of phenols is 2. The van der Waals surface area contributed by atoms with E-state index in [-0.39, 0.29) is 81.3 Å². The molecule has 4 aliphatic rings. The van der Waals surface area contributed by atoms with Gasteiger partial charge in [-0.2, -0.15) is 0 Å². The van der Waals surface area contributed by atoms with Gasteiger partial charge in [-0.15, -0.1) is 0 Å². The van der Waals surface area contributed by atoms with Gasteiger partial charge in [0.15, 0.2) is 17.2 Å². The van der Waals surface area contributed by atoms with Crippen LogP contribution >= 0.6 is 0 Å². The second kappa shape index (κ2) is 18.4. The number of hydrogen-bond acceptors (Lipinski definition) is 14. The lowest BCUT2D eigenvalue weighted by Crippen LogP contribution is -2.52. The highest BCUT2D eigenvalue weighted by Crippen LogP contribution is 2.36. The monoisotopic (exact) mass is 859 g/mol. The molecule has 0 aliphatic carbocycles. The summed E-state index contributed by atoms with van der Waals surface area (Å²) in [7, 11) is 0. The minimum atomic E-state index is -0.697. The lowest BCUT2D eigenvalue weighted by molar-refractivity contribution is 0.0563. The minimum absolute atomic E-state index is 0.00585. The van der Waals surface area contributed by atoms with Crippen LogP contribution in [0, 0.1) is 0 Å². The number of piperazine rings is 2. The average molecular weight is 860 g/mol. The molecule has 0 bridgehead atoms. The molecule has 2 amide bonds. The van der Waals surface area contributed by atoms with Crippen LogP contribution in [0.1, 0.15) is 78.3 Å². The highest BCUT2D eigenvalue weighted by atomic mass is 16.5. The molecular weight excluding hydrogens is 807 g/mol. The van der Waals surface area contributed by atoms with Gasteiger partial charge in [0, 0.05) is 51.4 Å². The number of anilines is 5. The Balaban J connectivity index is 0.000000177. The van der Waals surface area contributed by atoms with Crippen molar-refractivity contribution in [2.75, 3.05) is 74.9 Å². The fourth-order valence-corrected chi connectivity index (χ4v) is 9.29. The van der Waals surface area contributed by atoms with Gasteiger partial charge in [-0.05, 0) is 81.9 Å². The van der Waals surface area contributed by atoms with E-state index in [1.165, 1.54) is 0 Å². The predicted molar refractivity (Wildman–Crippen MR) is 241 cm³/mol. The summed E-state index contributed by atoms with van der Waals surface area (Å²) in [6.07, 6.45) is 5.19. The molecule has 5 aromatic carbocycles. The zero-order valence-corrected chi connectivity index (χ0v) is 35.5. The summed E-state index contributed by atoms with van der Waals surface area (Å²) < 4.78 is 5.18. The Labute approximate surface area is 364 Å². The predicted octanol–water partition coefficient (Wildman–Crippen LogP) is 4.27. The maximum absolute atomic E-state index is 13.2. The van der Waals surface area contributed by atoms with Crippen molar-refractivity contribution in [2.45, 2.75) is 64.1 Å². The Morgan fingerprint density at radius 1 is 0.635 bits per heavy atom. The van der Waals surface area contributed by atoms with Crippen molar-refractivity contribution in [1.29, 1.82) is 0 Å². The molecule has 4 aliphatic heterocycles. The number of nitrogens with zero attached hydrogens (tertiary/aromatic N) is 4. The van der Waals surface area contributed by atoms with Gasteiger partial charge in [0.05, 0.1) is 35.2 Å². The molecular formula is C47H53N7O9. The van der Waals surface area contributed by atoms with Crippen molar-refractivity contribution in [3.63, 3.8) is 0 Å². The third-order valence-corrected chi connectivity index (χ3v) is 12.8. The van der Waals surface area contributed by atoms with Crippen molar-refractivity contribution in [2.24, 2.45) is 0 Å². The number of rotatable bonds is 12. The van der Waals surface area contributed by atoms with Gasteiger partial charge in [0.25, 0.3) is 33.5 Å². The molecule has 0 radical (unpaired) electrons. The molecule has 4 saturated heterocycles. The molecule has 4 fully saturated rings. The highest BCUT2D eigenvalue weighted by molar-refractivity contribution is 6.00. The number of nitrogens with one attached hydrogen (secondary N) is 3. The van der Waals surface area contributed by atoms with Crippen LogP contribution < -0.4 is 42.4 Å². The van der Waals surface area contributed by atoms with Crippen molar-refractivity contribution in [1.82, 2.24) is 19.6 Å². The van der Waals surface area contributed by atoms with E-state index in [1.807, 2.05) is 37.3 Å². The lowest BCUT2D eigenvalue weighted by Gasteiger charge is -2.37. The van der Waals surface area contributed by atoms with Crippen LogP contribution in [-0.2, 0) is 0 Å². The van der Waals surface area contributed by atoms with Crippen LogP contribution in [0.25, 0.3) is 0 Å². The second-order valence-electron chi connectivity index (χ2n) is 16.5. The Bertz CT molecular complexity index is 2630. The van der Waals surface area contributed by atoms with E-state index < -0.39 is 21.7 Å². The van der Waals surface area contributed by atoms with E-state index in [0.29, 0.717) is 44.7 Å². The molecule has 0 unspecified atom stereocenters. The summed E-state index contributed by atoms with van der Waals surface area (Å²) in [6.45, 7) is 10.4. The second-order valence-corrected chi connectivity index (χ2v) is 16.5. The molecule has 5 N–H and O–H groups in total. The number of amides is 2. The maximum atomic E-state index is 13.2. The Kier molecular flexibility index (Phi) is 12.6. The first-order valence-corrected chi connectivity index (χ1v) is 21.8. The third-order valence-electron chi connectivity index (χ3n) is 12.8. The van der Waals surface area contributed by atoms with Gasteiger partial charge in [0.2, 0.25) is 0 Å². The number of aromatic hydroxyl groups is 2. The zero-order chi connectivity index (χ0) is 44.4. The Morgan fingerprint density at radius 2 is 1.14 bits per heavy atom. The van der Waals surface area contributed by atoms with Crippen LogP contribution in [0.2, 0.25) is 0 Å². The number of benzene rings is 3. The topological polar surface area (TPSA) is 201 Å². The smallest absolute Gasteiger partial charge is 0.272 e. The molecule has 330 valence electrons. The maximum Gasteiger partial charge on any atom is 0.272 e. The van der Waals surface area contributed by atoms with Crippen LogP contribution in [0.3, 0.4) is 0 Å². The number of hydrogen-bond donors (Lipinski definition) is 5. The van der Waals surface area contributed by atoms with Crippen LogP contribution in [0.15, 0.2) is 85.9 Å². The number of fused-ring (bicyclic) bond motifs is 2. The number of carbonyl (C=O) groups excluding carboxylic acids is 2. The quantitative estimate of drug-likeness (QED) is 0.0880. The summed E-state index contributed by atoms with van der Waals surface area (Å²) >= 11 is 0. The van der Waals surface area contributed by atoms with E-state index >= 15 is 0 Å². The molecule has 63 heavy (non-hydrogen) atoms. The van der Waals surface area contributed by atoms with Crippen molar-refractivity contribution in [3.05, 3.63) is 124 Å². The van der Waals surface area contributed by atoms with Crippen molar-refractivity contribution < 1.29 is 24.5 Å². The van der Waals surface area contributed by atoms with Gasteiger partial charge >= 0.3 is 0 Å². The van der Waals surface area contributed by atoms with E-state index in [0.717, 1.165) is 57.4 Å². The number of ether oxygens (including phenoxy) is 1. The number of para-hydroxylation sites is 2. The van der Waals surface area contributed by atoms with Crippen molar-refractivity contribution >= 4 is 40.3 Å². The third kappa shape index (κ3) is 8.52. The highest BCUT2D eigenvalue weighted by Gasteiger charge is 2.36. The molecule has 9 rings (SSSR count). The van der Waals surface area contributed by atoms with E-state index in [9.17, 15) is 39.0 Å². The molecule has 0 aromatic heterocycles. The van der Waals surface area contributed by atoms with Crippen LogP contribution in [0.4, 0.5) is 28.4 Å². The molecule has 0 saturated carbocycles. The molecule has 4 heterocycles.